The van der Waals surface area contributed by atoms with Gasteiger partial charge in [0.05, 0.1) is 22.5 Å². The van der Waals surface area contributed by atoms with Crippen LogP contribution in [0.4, 0.5) is 18.9 Å². The molecule has 0 heterocycles. The average Bonchev–Trinajstić information content (AvgIpc) is 2.94. The van der Waals surface area contributed by atoms with Crippen molar-refractivity contribution in [2.24, 2.45) is 0 Å². The number of aryl methyl sites for hydroxylation is 1. The van der Waals surface area contributed by atoms with E-state index < -0.39 is 51.2 Å². The van der Waals surface area contributed by atoms with Gasteiger partial charge < -0.3 is 10.2 Å². The number of alkyl halides is 3. The molecule has 232 valence electrons. The van der Waals surface area contributed by atoms with E-state index in [1.807, 2.05) is 51.1 Å². The second-order valence-corrected chi connectivity index (χ2v) is 12.8. The summed E-state index contributed by atoms with van der Waals surface area (Å²) in [6, 6.07) is 17.7. The fraction of sp³-hybridized carbons (Fsp3) is 0.355. The Morgan fingerprint density at radius 3 is 2.16 bits per heavy atom. The van der Waals surface area contributed by atoms with Gasteiger partial charge in [-0.15, -0.1) is 0 Å². The third-order valence-corrected chi connectivity index (χ3v) is 8.44. The summed E-state index contributed by atoms with van der Waals surface area (Å²) < 4.78 is 67.2. The van der Waals surface area contributed by atoms with Gasteiger partial charge in [-0.1, -0.05) is 78.7 Å². The third-order valence-electron chi connectivity index (χ3n) is 6.97. The van der Waals surface area contributed by atoms with E-state index in [-0.39, 0.29) is 24.7 Å². The molecule has 0 aromatic heterocycles. The summed E-state index contributed by atoms with van der Waals surface area (Å²) in [4.78, 5) is 29.0. The maximum absolute atomic E-state index is 14.1. The lowest BCUT2D eigenvalue weighted by Crippen LogP contribution is -2.54. The Balaban J connectivity index is 2.10. The van der Waals surface area contributed by atoms with Crippen LogP contribution in [0, 0.1) is 6.92 Å². The Bertz CT molecular complexity index is 1520. The molecule has 1 N–H and O–H groups in total. The second kappa shape index (κ2) is 14.3. The van der Waals surface area contributed by atoms with Crippen LogP contribution in [0.15, 0.2) is 72.8 Å². The van der Waals surface area contributed by atoms with Gasteiger partial charge in [0.2, 0.25) is 21.8 Å². The van der Waals surface area contributed by atoms with E-state index in [1.165, 1.54) is 4.90 Å². The van der Waals surface area contributed by atoms with E-state index >= 15 is 0 Å². The third kappa shape index (κ3) is 9.46. The molecule has 3 aromatic rings. The zero-order valence-corrected chi connectivity index (χ0v) is 25.9. The molecule has 0 saturated carbocycles. The molecular formula is C31H35ClF3N3O4S. The molecule has 0 bridgehead atoms. The minimum absolute atomic E-state index is 0.0451. The van der Waals surface area contributed by atoms with Gasteiger partial charge in [-0.05, 0) is 49.6 Å². The quantitative estimate of drug-likeness (QED) is 0.264. The number of hydrogen-bond donors (Lipinski definition) is 1. The number of halogens is 4. The van der Waals surface area contributed by atoms with E-state index in [4.69, 9.17) is 11.6 Å². The number of carbonyl (C=O) groups excluding carboxylic acids is 2. The van der Waals surface area contributed by atoms with Crippen LogP contribution in [-0.2, 0) is 38.8 Å². The summed E-state index contributed by atoms with van der Waals surface area (Å²) in [5.41, 5.74) is 0.806. The minimum atomic E-state index is -4.85. The number of amides is 2. The predicted octanol–water partition coefficient (Wildman–Crippen LogP) is 5.99. The average molecular weight is 638 g/mol. The van der Waals surface area contributed by atoms with Crippen LogP contribution >= 0.6 is 11.6 Å². The van der Waals surface area contributed by atoms with Crippen molar-refractivity contribution < 1.29 is 31.2 Å². The van der Waals surface area contributed by atoms with E-state index in [1.54, 1.807) is 24.3 Å². The van der Waals surface area contributed by atoms with Crippen molar-refractivity contribution in [2.75, 3.05) is 17.1 Å². The lowest BCUT2D eigenvalue weighted by Gasteiger charge is -2.34. The highest BCUT2D eigenvalue weighted by Gasteiger charge is 2.36. The molecule has 0 spiro atoms. The second-order valence-electron chi connectivity index (χ2n) is 10.5. The molecule has 43 heavy (non-hydrogen) atoms. The van der Waals surface area contributed by atoms with Gasteiger partial charge in [-0.25, -0.2) is 8.42 Å². The van der Waals surface area contributed by atoms with Gasteiger partial charge in [-0.3, -0.25) is 13.9 Å². The molecule has 0 fully saturated rings. The molecule has 0 unspecified atom stereocenters. The zero-order valence-electron chi connectivity index (χ0n) is 24.4. The van der Waals surface area contributed by atoms with Crippen molar-refractivity contribution >= 4 is 39.1 Å². The van der Waals surface area contributed by atoms with Crippen LogP contribution in [0.1, 0.15) is 42.5 Å². The molecule has 0 saturated heterocycles. The summed E-state index contributed by atoms with van der Waals surface area (Å²) in [7, 11) is -4.25. The van der Waals surface area contributed by atoms with E-state index in [0.29, 0.717) is 22.4 Å². The number of benzene rings is 3. The molecule has 3 aromatic carbocycles. The Morgan fingerprint density at radius 1 is 0.977 bits per heavy atom. The van der Waals surface area contributed by atoms with Crippen LogP contribution < -0.4 is 9.62 Å². The van der Waals surface area contributed by atoms with Crippen molar-refractivity contribution in [3.63, 3.8) is 0 Å². The Kier molecular flexibility index (Phi) is 11.3. The topological polar surface area (TPSA) is 86.8 Å². The monoisotopic (exact) mass is 637 g/mol. The van der Waals surface area contributed by atoms with Crippen molar-refractivity contribution in [3.8, 4) is 0 Å². The van der Waals surface area contributed by atoms with Gasteiger partial charge in [0.25, 0.3) is 0 Å². The molecule has 2 atom stereocenters. The Hall–Kier alpha value is -3.57. The largest absolute Gasteiger partial charge is 0.417 e. The van der Waals surface area contributed by atoms with E-state index in [9.17, 15) is 31.2 Å². The smallest absolute Gasteiger partial charge is 0.352 e. The molecule has 0 aliphatic heterocycles. The predicted molar refractivity (Wildman–Crippen MR) is 162 cm³/mol. The normalized spacial score (nSPS) is 13.2. The van der Waals surface area contributed by atoms with Gasteiger partial charge in [0, 0.05) is 19.0 Å². The first-order chi connectivity index (χ1) is 20.1. The SMILES string of the molecule is CC[C@@H](C)NC(=O)[C@@H](Cc1ccccc1)N(Cc1ccc(C)cc1)C(=O)CN(c1ccc(Cl)c(C(F)(F)F)c1)S(C)(=O)=O. The van der Waals surface area contributed by atoms with Crippen molar-refractivity contribution in [3.05, 3.63) is 100 Å². The first-order valence-electron chi connectivity index (χ1n) is 13.6. The maximum atomic E-state index is 14.1. The van der Waals surface area contributed by atoms with Crippen molar-refractivity contribution in [2.45, 2.75) is 58.4 Å². The van der Waals surface area contributed by atoms with Gasteiger partial charge >= 0.3 is 6.18 Å². The van der Waals surface area contributed by atoms with Gasteiger partial charge in [0.1, 0.15) is 12.6 Å². The molecule has 0 radical (unpaired) electrons. The number of rotatable bonds is 12. The first kappa shape index (κ1) is 33.9. The Labute approximate surface area is 255 Å². The van der Waals surface area contributed by atoms with Gasteiger partial charge in [0.15, 0.2) is 0 Å². The summed E-state index contributed by atoms with van der Waals surface area (Å²) in [6.45, 7) is 4.74. The minimum Gasteiger partial charge on any atom is -0.352 e. The summed E-state index contributed by atoms with van der Waals surface area (Å²) in [6.07, 6.45) is -3.30. The lowest BCUT2D eigenvalue weighted by atomic mass is 10.0. The maximum Gasteiger partial charge on any atom is 0.417 e. The molecule has 2 amide bonds. The van der Waals surface area contributed by atoms with Crippen molar-refractivity contribution in [1.29, 1.82) is 0 Å². The van der Waals surface area contributed by atoms with E-state index in [2.05, 4.69) is 5.32 Å². The number of sulfonamides is 1. The van der Waals surface area contributed by atoms with E-state index in [0.717, 1.165) is 29.5 Å². The van der Waals surface area contributed by atoms with Crippen LogP contribution in [0.25, 0.3) is 0 Å². The standard InChI is InChI=1S/C31H35ClF3N3O4S/c1-5-22(3)36-30(40)28(17-23-9-7-6-8-10-23)37(19-24-13-11-21(2)12-14-24)29(39)20-38(43(4,41)42)25-15-16-27(32)26(18-25)31(33,34)35/h6-16,18,22,28H,5,17,19-20H2,1-4H3,(H,36,40)/t22-,28-/m1/s1. The molecule has 12 heteroatoms. The van der Waals surface area contributed by atoms with Crippen LogP contribution in [0.3, 0.4) is 0 Å². The summed E-state index contributed by atoms with van der Waals surface area (Å²) in [5, 5.41) is 2.31. The fourth-order valence-electron chi connectivity index (χ4n) is 4.38. The zero-order chi connectivity index (χ0) is 31.9. The number of carbonyl (C=O) groups is 2. The highest BCUT2D eigenvalue weighted by molar-refractivity contribution is 7.92. The summed E-state index contributed by atoms with van der Waals surface area (Å²) in [5.74, 6) is -1.20. The molecule has 7 nitrogen and oxygen atoms in total. The molecule has 0 aliphatic carbocycles. The highest BCUT2D eigenvalue weighted by atomic mass is 35.5. The number of nitrogens with zero attached hydrogens (tertiary/aromatic N) is 2. The molecule has 3 rings (SSSR count). The number of nitrogens with one attached hydrogen (secondary N) is 1. The first-order valence-corrected chi connectivity index (χ1v) is 15.9. The van der Waals surface area contributed by atoms with Crippen LogP contribution in [0.2, 0.25) is 5.02 Å². The highest BCUT2D eigenvalue weighted by Crippen LogP contribution is 2.37. The number of anilines is 1. The number of hydrogen-bond acceptors (Lipinski definition) is 4. The van der Waals surface area contributed by atoms with Crippen molar-refractivity contribution in [1.82, 2.24) is 10.2 Å². The van der Waals surface area contributed by atoms with Gasteiger partial charge in [-0.2, -0.15) is 13.2 Å². The summed E-state index contributed by atoms with van der Waals surface area (Å²) >= 11 is 5.76. The van der Waals surface area contributed by atoms with Crippen LogP contribution in [-0.4, -0.2) is 50.0 Å². The van der Waals surface area contributed by atoms with Crippen LogP contribution in [0.5, 0.6) is 0 Å². The molecule has 0 aliphatic rings. The fourth-order valence-corrected chi connectivity index (χ4v) is 5.45. The Morgan fingerprint density at radius 2 is 1.60 bits per heavy atom. The molecular weight excluding hydrogens is 603 g/mol. The lowest BCUT2D eigenvalue weighted by molar-refractivity contribution is -0.140.